The molecule has 0 atom stereocenters. The smallest absolute Gasteiger partial charge is 0.257 e. The van der Waals surface area contributed by atoms with Crippen LogP contribution in [0.4, 0.5) is 11.4 Å². The van der Waals surface area contributed by atoms with Gasteiger partial charge >= 0.3 is 0 Å². The molecule has 0 aliphatic heterocycles. The first-order valence-electron chi connectivity index (χ1n) is 8.07. The molecule has 0 spiro atoms. The summed E-state index contributed by atoms with van der Waals surface area (Å²) in [6, 6.07) is 20.9. The van der Waals surface area contributed by atoms with Gasteiger partial charge in [0.25, 0.3) is 5.91 Å². The van der Waals surface area contributed by atoms with Crippen molar-refractivity contribution in [2.75, 3.05) is 17.7 Å². The monoisotopic (exact) mass is 364 g/mol. The molecule has 3 aromatic carbocycles. The van der Waals surface area contributed by atoms with Crippen LogP contribution in [-0.2, 0) is 0 Å². The lowest BCUT2D eigenvalue weighted by atomic mass is 10.0. The maximum atomic E-state index is 12.8. The molecule has 0 saturated carbocycles. The Hall–Kier alpha value is -3.11. The summed E-state index contributed by atoms with van der Waals surface area (Å²) < 4.78 is 0. The van der Waals surface area contributed by atoms with Crippen molar-refractivity contribution in [3.63, 3.8) is 0 Å². The third kappa shape index (κ3) is 3.76. The number of carbonyl (C=O) groups is 2. The second kappa shape index (κ2) is 7.85. The van der Waals surface area contributed by atoms with Gasteiger partial charge in [0.2, 0.25) is 0 Å². The highest BCUT2D eigenvalue weighted by Crippen LogP contribution is 2.25. The third-order valence-electron chi connectivity index (χ3n) is 3.95. The highest BCUT2D eigenvalue weighted by molar-refractivity contribution is 6.31. The van der Waals surface area contributed by atoms with Gasteiger partial charge in [0.15, 0.2) is 5.78 Å². The molecule has 0 aliphatic carbocycles. The molecule has 0 unspecified atom stereocenters. The van der Waals surface area contributed by atoms with Crippen LogP contribution in [-0.4, -0.2) is 18.7 Å². The molecule has 4 nitrogen and oxygen atoms in total. The Bertz CT molecular complexity index is 955. The van der Waals surface area contributed by atoms with Crippen LogP contribution in [0.2, 0.25) is 5.02 Å². The van der Waals surface area contributed by atoms with Gasteiger partial charge in [-0.05, 0) is 30.3 Å². The Morgan fingerprint density at radius 3 is 2.23 bits per heavy atom. The fourth-order valence-electron chi connectivity index (χ4n) is 2.65. The number of amides is 1. The van der Waals surface area contributed by atoms with E-state index in [4.69, 9.17) is 11.6 Å². The van der Waals surface area contributed by atoms with E-state index in [1.54, 1.807) is 61.6 Å². The Kier molecular flexibility index (Phi) is 5.34. The minimum absolute atomic E-state index is 0.203. The van der Waals surface area contributed by atoms with Gasteiger partial charge in [0, 0.05) is 28.9 Å². The summed E-state index contributed by atoms with van der Waals surface area (Å²) in [6.45, 7) is 0. The molecule has 0 heterocycles. The van der Waals surface area contributed by atoms with Crippen molar-refractivity contribution in [3.8, 4) is 0 Å². The number of ketones is 1. The van der Waals surface area contributed by atoms with Crippen molar-refractivity contribution in [2.45, 2.75) is 0 Å². The van der Waals surface area contributed by atoms with Gasteiger partial charge in [-0.25, -0.2) is 0 Å². The van der Waals surface area contributed by atoms with Crippen LogP contribution < -0.4 is 10.6 Å². The SMILES string of the molecule is CNc1ccccc1C(=O)Nc1ccc(Cl)cc1C(=O)c1ccccc1. The topological polar surface area (TPSA) is 58.2 Å². The number of hydrogen-bond acceptors (Lipinski definition) is 3. The van der Waals surface area contributed by atoms with Crippen molar-refractivity contribution in [3.05, 3.63) is 94.5 Å². The summed E-state index contributed by atoms with van der Waals surface area (Å²) in [5, 5.41) is 6.24. The zero-order valence-corrected chi connectivity index (χ0v) is 14.9. The van der Waals surface area contributed by atoms with Crippen molar-refractivity contribution >= 4 is 34.7 Å². The largest absolute Gasteiger partial charge is 0.387 e. The summed E-state index contributed by atoms with van der Waals surface area (Å²) in [5.74, 6) is -0.510. The van der Waals surface area contributed by atoms with E-state index in [0.29, 0.717) is 33.1 Å². The Balaban J connectivity index is 1.96. The lowest BCUT2D eigenvalue weighted by Crippen LogP contribution is -2.16. The molecule has 5 heteroatoms. The van der Waals surface area contributed by atoms with Gasteiger partial charge in [-0.3, -0.25) is 9.59 Å². The van der Waals surface area contributed by atoms with Gasteiger partial charge in [-0.2, -0.15) is 0 Å². The first-order valence-corrected chi connectivity index (χ1v) is 8.45. The van der Waals surface area contributed by atoms with Crippen molar-refractivity contribution in [2.24, 2.45) is 0 Å². The fraction of sp³-hybridized carbons (Fsp3) is 0.0476. The minimum Gasteiger partial charge on any atom is -0.387 e. The maximum Gasteiger partial charge on any atom is 0.257 e. The van der Waals surface area contributed by atoms with E-state index in [0.717, 1.165) is 0 Å². The minimum atomic E-state index is -0.306. The molecule has 0 fully saturated rings. The maximum absolute atomic E-state index is 12.8. The van der Waals surface area contributed by atoms with Gasteiger partial charge in [0.05, 0.1) is 11.3 Å². The summed E-state index contributed by atoms with van der Waals surface area (Å²) in [6.07, 6.45) is 0. The predicted octanol–water partition coefficient (Wildman–Crippen LogP) is 4.87. The van der Waals surface area contributed by atoms with E-state index in [1.165, 1.54) is 0 Å². The Morgan fingerprint density at radius 1 is 0.808 bits per heavy atom. The fourth-order valence-corrected chi connectivity index (χ4v) is 2.82. The Labute approximate surface area is 156 Å². The predicted molar refractivity (Wildman–Crippen MR) is 105 cm³/mol. The quantitative estimate of drug-likeness (QED) is 0.635. The zero-order chi connectivity index (χ0) is 18.5. The number of anilines is 2. The second-order valence-corrected chi connectivity index (χ2v) is 6.07. The van der Waals surface area contributed by atoms with E-state index >= 15 is 0 Å². The van der Waals surface area contributed by atoms with Crippen LogP contribution in [0, 0.1) is 0 Å². The highest BCUT2D eigenvalue weighted by atomic mass is 35.5. The second-order valence-electron chi connectivity index (χ2n) is 5.63. The molecule has 3 aromatic rings. The van der Waals surface area contributed by atoms with Gasteiger partial charge < -0.3 is 10.6 Å². The van der Waals surface area contributed by atoms with Crippen molar-refractivity contribution < 1.29 is 9.59 Å². The molecule has 3 rings (SSSR count). The molecular weight excluding hydrogens is 348 g/mol. The number of benzene rings is 3. The average molecular weight is 365 g/mol. The zero-order valence-electron chi connectivity index (χ0n) is 14.1. The molecule has 1 amide bonds. The standard InChI is InChI=1S/C21H17ClN2O2/c1-23-18-10-6-5-9-16(18)21(26)24-19-12-11-15(22)13-17(19)20(25)14-7-3-2-4-8-14/h2-13,23H,1H3,(H,24,26). The van der Waals surface area contributed by atoms with Crippen LogP contribution in [0.5, 0.6) is 0 Å². The third-order valence-corrected chi connectivity index (χ3v) is 4.19. The van der Waals surface area contributed by atoms with Crippen LogP contribution in [0.15, 0.2) is 72.8 Å². The lowest BCUT2D eigenvalue weighted by molar-refractivity contribution is 0.102. The molecule has 0 bridgehead atoms. The first kappa shape index (κ1) is 17.7. The number of rotatable bonds is 5. The molecule has 0 saturated heterocycles. The van der Waals surface area contributed by atoms with E-state index in [1.807, 2.05) is 18.2 Å². The summed E-state index contributed by atoms with van der Waals surface area (Å²) in [5.41, 5.74) is 2.48. The van der Waals surface area contributed by atoms with Gasteiger partial charge in [0.1, 0.15) is 0 Å². The summed E-state index contributed by atoms with van der Waals surface area (Å²) in [7, 11) is 1.75. The molecule has 0 radical (unpaired) electrons. The molecule has 26 heavy (non-hydrogen) atoms. The van der Waals surface area contributed by atoms with E-state index in [2.05, 4.69) is 10.6 Å². The van der Waals surface area contributed by atoms with Crippen molar-refractivity contribution in [1.29, 1.82) is 0 Å². The summed E-state index contributed by atoms with van der Waals surface area (Å²) in [4.78, 5) is 25.5. The summed E-state index contributed by atoms with van der Waals surface area (Å²) >= 11 is 6.07. The number of halogens is 1. The van der Waals surface area contributed by atoms with Crippen molar-refractivity contribution in [1.82, 2.24) is 0 Å². The van der Waals surface area contributed by atoms with Crippen LogP contribution in [0.25, 0.3) is 0 Å². The molecular formula is C21H17ClN2O2. The number of nitrogens with one attached hydrogen (secondary N) is 2. The van der Waals surface area contributed by atoms with E-state index < -0.39 is 0 Å². The van der Waals surface area contributed by atoms with E-state index in [9.17, 15) is 9.59 Å². The number of hydrogen-bond donors (Lipinski definition) is 2. The van der Waals surface area contributed by atoms with E-state index in [-0.39, 0.29) is 11.7 Å². The molecule has 130 valence electrons. The number of carbonyl (C=O) groups excluding carboxylic acids is 2. The molecule has 0 aromatic heterocycles. The normalized spacial score (nSPS) is 10.2. The van der Waals surface area contributed by atoms with Crippen LogP contribution in [0.3, 0.4) is 0 Å². The van der Waals surface area contributed by atoms with Gasteiger partial charge in [-0.15, -0.1) is 0 Å². The van der Waals surface area contributed by atoms with Gasteiger partial charge in [-0.1, -0.05) is 54.1 Å². The molecule has 2 N–H and O–H groups in total. The van der Waals surface area contributed by atoms with Crippen LogP contribution >= 0.6 is 11.6 Å². The first-order chi connectivity index (χ1) is 12.6. The highest BCUT2D eigenvalue weighted by Gasteiger charge is 2.17. The van der Waals surface area contributed by atoms with Crippen LogP contribution in [0.1, 0.15) is 26.3 Å². The molecule has 0 aliphatic rings. The number of para-hydroxylation sites is 1. The average Bonchev–Trinajstić information content (AvgIpc) is 2.69. The lowest BCUT2D eigenvalue weighted by Gasteiger charge is -2.13. The Morgan fingerprint density at radius 2 is 1.50 bits per heavy atom.